The van der Waals surface area contributed by atoms with Gasteiger partial charge in [-0.05, 0) is 35.4 Å². The predicted octanol–water partition coefficient (Wildman–Crippen LogP) is 3.29. The van der Waals surface area contributed by atoms with E-state index in [2.05, 4.69) is 10.6 Å². The van der Waals surface area contributed by atoms with Gasteiger partial charge >= 0.3 is 0 Å². The molecule has 6 heteroatoms. The summed E-state index contributed by atoms with van der Waals surface area (Å²) in [7, 11) is 1.59. The molecule has 0 atom stereocenters. The van der Waals surface area contributed by atoms with Crippen molar-refractivity contribution in [2.24, 2.45) is 0 Å². The van der Waals surface area contributed by atoms with Crippen molar-refractivity contribution in [2.45, 2.75) is 0 Å². The molecule has 6 nitrogen and oxygen atoms in total. The zero-order chi connectivity index (χ0) is 21.2. The molecule has 0 spiro atoms. The molecule has 30 heavy (non-hydrogen) atoms. The van der Waals surface area contributed by atoms with Crippen LogP contribution in [-0.4, -0.2) is 38.6 Å². The van der Waals surface area contributed by atoms with Gasteiger partial charge < -0.3 is 20.1 Å². The average molecular weight is 404 g/mol. The number of methoxy groups -OCH3 is 1. The monoisotopic (exact) mass is 404 g/mol. The van der Waals surface area contributed by atoms with Crippen molar-refractivity contribution in [2.75, 3.05) is 26.8 Å². The minimum absolute atomic E-state index is 0.0988. The minimum Gasteiger partial charge on any atom is -0.497 e. The molecular formula is C24H24N2O4. The van der Waals surface area contributed by atoms with Gasteiger partial charge in [0, 0.05) is 11.6 Å². The van der Waals surface area contributed by atoms with E-state index in [-0.39, 0.29) is 18.4 Å². The third-order valence-corrected chi connectivity index (χ3v) is 4.40. The maximum absolute atomic E-state index is 12.2. The Kier molecular flexibility index (Phi) is 7.44. The number of rotatable bonds is 9. The van der Waals surface area contributed by atoms with E-state index in [0.717, 1.165) is 11.1 Å². The van der Waals surface area contributed by atoms with Crippen LogP contribution in [0.15, 0.2) is 78.9 Å². The first-order valence-corrected chi connectivity index (χ1v) is 9.63. The Hall–Kier alpha value is -3.80. The molecule has 0 unspecified atom stereocenters. The lowest BCUT2D eigenvalue weighted by Gasteiger charge is -2.10. The molecule has 3 aromatic rings. The van der Waals surface area contributed by atoms with Crippen molar-refractivity contribution in [1.29, 1.82) is 0 Å². The first-order chi connectivity index (χ1) is 14.7. The van der Waals surface area contributed by atoms with Crippen LogP contribution in [0.1, 0.15) is 10.4 Å². The van der Waals surface area contributed by atoms with Crippen LogP contribution in [-0.2, 0) is 4.79 Å². The highest BCUT2D eigenvalue weighted by molar-refractivity contribution is 5.96. The summed E-state index contributed by atoms with van der Waals surface area (Å²) in [6, 6.07) is 24.4. The molecule has 2 amide bonds. The zero-order valence-electron chi connectivity index (χ0n) is 16.8. The van der Waals surface area contributed by atoms with Gasteiger partial charge in [0.05, 0.1) is 20.2 Å². The fraction of sp³-hybridized carbons (Fsp3) is 0.167. The van der Waals surface area contributed by atoms with E-state index in [4.69, 9.17) is 9.47 Å². The first kappa shape index (κ1) is 20.9. The molecule has 0 aliphatic heterocycles. The van der Waals surface area contributed by atoms with Crippen molar-refractivity contribution in [3.05, 3.63) is 84.4 Å². The van der Waals surface area contributed by atoms with E-state index < -0.39 is 0 Å². The Balaban J connectivity index is 1.38. The molecule has 0 saturated carbocycles. The normalized spacial score (nSPS) is 10.2. The highest BCUT2D eigenvalue weighted by atomic mass is 16.5. The molecular weight excluding hydrogens is 380 g/mol. The van der Waals surface area contributed by atoms with E-state index in [1.165, 1.54) is 0 Å². The molecule has 0 aromatic heterocycles. The van der Waals surface area contributed by atoms with E-state index >= 15 is 0 Å². The second-order valence-corrected chi connectivity index (χ2v) is 6.50. The van der Waals surface area contributed by atoms with Crippen LogP contribution in [0.4, 0.5) is 0 Å². The van der Waals surface area contributed by atoms with Crippen molar-refractivity contribution in [1.82, 2.24) is 10.6 Å². The highest BCUT2D eigenvalue weighted by Crippen LogP contribution is 2.19. The van der Waals surface area contributed by atoms with Crippen LogP contribution in [0.5, 0.6) is 11.5 Å². The van der Waals surface area contributed by atoms with Gasteiger partial charge in [-0.1, -0.05) is 48.5 Å². The summed E-state index contributed by atoms with van der Waals surface area (Å²) in [4.78, 5) is 24.2. The Bertz CT molecular complexity index is 972. The largest absolute Gasteiger partial charge is 0.497 e. The maximum atomic E-state index is 12.2. The lowest BCUT2D eigenvalue weighted by atomic mass is 10.0. The van der Waals surface area contributed by atoms with Gasteiger partial charge in [0.15, 0.2) is 0 Å². The number of amides is 2. The summed E-state index contributed by atoms with van der Waals surface area (Å²) < 4.78 is 10.7. The second kappa shape index (κ2) is 10.7. The lowest BCUT2D eigenvalue weighted by molar-refractivity contribution is -0.120. The maximum Gasteiger partial charge on any atom is 0.251 e. The third kappa shape index (κ3) is 6.10. The summed E-state index contributed by atoms with van der Waals surface area (Å²) in [6.45, 7) is 0.546. The summed E-state index contributed by atoms with van der Waals surface area (Å²) in [5, 5.41) is 5.33. The standard InChI is InChI=1S/C24H24N2O4/c1-29-21-8-5-9-22(16-21)30-15-14-25-23(27)17-26-24(28)20-12-10-19(11-13-20)18-6-3-2-4-7-18/h2-13,16H,14-15,17H2,1H3,(H,25,27)(H,26,28). The lowest BCUT2D eigenvalue weighted by Crippen LogP contribution is -2.38. The third-order valence-electron chi connectivity index (χ3n) is 4.40. The van der Waals surface area contributed by atoms with Crippen molar-refractivity contribution in [3.63, 3.8) is 0 Å². The van der Waals surface area contributed by atoms with Crippen LogP contribution < -0.4 is 20.1 Å². The second-order valence-electron chi connectivity index (χ2n) is 6.50. The molecule has 154 valence electrons. The number of carbonyl (C=O) groups excluding carboxylic acids is 2. The first-order valence-electron chi connectivity index (χ1n) is 9.63. The topological polar surface area (TPSA) is 76.7 Å². The van der Waals surface area contributed by atoms with Gasteiger partial charge in [-0.2, -0.15) is 0 Å². The molecule has 0 saturated heterocycles. The molecule has 0 heterocycles. The van der Waals surface area contributed by atoms with E-state index in [0.29, 0.717) is 30.2 Å². The Labute approximate surface area is 175 Å². The highest BCUT2D eigenvalue weighted by Gasteiger charge is 2.08. The zero-order valence-corrected chi connectivity index (χ0v) is 16.8. The fourth-order valence-corrected chi connectivity index (χ4v) is 2.82. The Morgan fingerprint density at radius 3 is 2.23 bits per heavy atom. The van der Waals surface area contributed by atoms with Crippen molar-refractivity contribution >= 4 is 11.8 Å². The Morgan fingerprint density at radius 2 is 1.50 bits per heavy atom. The number of hydrogen-bond donors (Lipinski definition) is 2. The van der Waals surface area contributed by atoms with Gasteiger partial charge in [0.25, 0.3) is 5.91 Å². The van der Waals surface area contributed by atoms with E-state index in [1.807, 2.05) is 60.7 Å². The van der Waals surface area contributed by atoms with Gasteiger partial charge in [0.1, 0.15) is 18.1 Å². The fourth-order valence-electron chi connectivity index (χ4n) is 2.82. The summed E-state index contributed by atoms with van der Waals surface area (Å²) >= 11 is 0. The van der Waals surface area contributed by atoms with Gasteiger partial charge in [-0.25, -0.2) is 0 Å². The van der Waals surface area contributed by atoms with Crippen LogP contribution in [0.2, 0.25) is 0 Å². The van der Waals surface area contributed by atoms with Crippen LogP contribution >= 0.6 is 0 Å². The molecule has 2 N–H and O–H groups in total. The number of nitrogens with one attached hydrogen (secondary N) is 2. The van der Waals surface area contributed by atoms with Crippen molar-refractivity contribution in [3.8, 4) is 22.6 Å². The SMILES string of the molecule is COc1cccc(OCCNC(=O)CNC(=O)c2ccc(-c3ccccc3)cc2)c1. The van der Waals surface area contributed by atoms with Crippen LogP contribution in [0.25, 0.3) is 11.1 Å². The predicted molar refractivity (Wildman–Crippen MR) is 116 cm³/mol. The number of ether oxygens (including phenoxy) is 2. The van der Waals surface area contributed by atoms with E-state index in [1.54, 1.807) is 25.3 Å². The smallest absolute Gasteiger partial charge is 0.251 e. The molecule has 0 fully saturated rings. The quantitative estimate of drug-likeness (QED) is 0.537. The molecule has 0 aliphatic rings. The Morgan fingerprint density at radius 1 is 0.800 bits per heavy atom. The molecule has 0 radical (unpaired) electrons. The molecule has 0 bridgehead atoms. The van der Waals surface area contributed by atoms with Crippen LogP contribution in [0.3, 0.4) is 0 Å². The molecule has 3 aromatic carbocycles. The number of hydrogen-bond acceptors (Lipinski definition) is 4. The van der Waals surface area contributed by atoms with Gasteiger partial charge in [-0.3, -0.25) is 9.59 Å². The molecule has 3 rings (SSSR count). The van der Waals surface area contributed by atoms with E-state index in [9.17, 15) is 9.59 Å². The summed E-state index contributed by atoms with van der Waals surface area (Å²) in [6.07, 6.45) is 0. The average Bonchev–Trinajstić information content (AvgIpc) is 2.81. The van der Waals surface area contributed by atoms with Crippen molar-refractivity contribution < 1.29 is 19.1 Å². The summed E-state index contributed by atoms with van der Waals surface area (Å²) in [5.41, 5.74) is 2.62. The summed E-state index contributed by atoms with van der Waals surface area (Å²) in [5.74, 6) is 0.794. The molecule has 0 aliphatic carbocycles. The number of benzene rings is 3. The number of carbonyl (C=O) groups is 2. The van der Waals surface area contributed by atoms with Crippen LogP contribution in [0, 0.1) is 0 Å². The minimum atomic E-state index is -0.294. The van der Waals surface area contributed by atoms with Gasteiger partial charge in [0.2, 0.25) is 5.91 Å². The van der Waals surface area contributed by atoms with Gasteiger partial charge in [-0.15, -0.1) is 0 Å².